The van der Waals surface area contributed by atoms with E-state index in [1.165, 1.54) is 25.4 Å². The van der Waals surface area contributed by atoms with Gasteiger partial charge in [0.15, 0.2) is 6.21 Å². The third-order valence-electron chi connectivity index (χ3n) is 6.06. The summed E-state index contributed by atoms with van der Waals surface area (Å²) < 4.78 is 50.4. The number of anilines is 1. The van der Waals surface area contributed by atoms with Gasteiger partial charge in [0.1, 0.15) is 24.5 Å². The highest BCUT2D eigenvalue weighted by molar-refractivity contribution is 5.78. The molecular weight excluding hydrogens is 457 g/mol. The Morgan fingerprint density at radius 3 is 2.29 bits per heavy atom. The SMILES string of the molecule is CCc1cnc(N2CCC(OCc3c(F)cc(-c4ccc(/C=[N+](/C)[O-])cc4F)cc3F)CC2)nc1. The highest BCUT2D eigenvalue weighted by Gasteiger charge is 2.23. The van der Waals surface area contributed by atoms with Crippen LogP contribution in [0.5, 0.6) is 0 Å². The fourth-order valence-corrected chi connectivity index (χ4v) is 4.07. The van der Waals surface area contributed by atoms with Crippen LogP contribution in [0.25, 0.3) is 11.1 Å². The highest BCUT2D eigenvalue weighted by atomic mass is 19.1. The maximum atomic E-state index is 14.8. The molecule has 1 aliphatic heterocycles. The van der Waals surface area contributed by atoms with Crippen molar-refractivity contribution in [2.45, 2.75) is 38.9 Å². The molecule has 0 amide bonds. The molecule has 6 nitrogen and oxygen atoms in total. The van der Waals surface area contributed by atoms with Crippen LogP contribution in [-0.4, -0.2) is 47.2 Å². The van der Waals surface area contributed by atoms with Crippen LogP contribution in [0.2, 0.25) is 0 Å². The average Bonchev–Trinajstić information content (AvgIpc) is 2.83. The van der Waals surface area contributed by atoms with Gasteiger partial charge in [-0.2, -0.15) is 0 Å². The minimum absolute atomic E-state index is 0.0440. The standard InChI is InChI=1S/C26H27F3N4O2/c1-3-17-13-30-26(31-14-17)33-8-6-20(7-9-33)35-16-22-24(28)11-19(12-25(22)29)21-5-4-18(10-23(21)27)15-32(2)34/h4-5,10-15,20H,3,6-9,16H2,1-2H3/b32-15-. The van der Waals surface area contributed by atoms with Gasteiger partial charge in [-0.1, -0.05) is 13.0 Å². The highest BCUT2D eigenvalue weighted by Crippen LogP contribution is 2.28. The molecule has 9 heteroatoms. The van der Waals surface area contributed by atoms with Crippen molar-refractivity contribution in [3.63, 3.8) is 0 Å². The molecule has 1 saturated heterocycles. The van der Waals surface area contributed by atoms with E-state index in [2.05, 4.69) is 14.9 Å². The topological polar surface area (TPSA) is 64.3 Å². The van der Waals surface area contributed by atoms with Gasteiger partial charge in [0.25, 0.3) is 0 Å². The Kier molecular flexibility index (Phi) is 7.65. The van der Waals surface area contributed by atoms with E-state index in [1.807, 2.05) is 19.3 Å². The first-order valence-corrected chi connectivity index (χ1v) is 11.5. The van der Waals surface area contributed by atoms with Crippen molar-refractivity contribution in [3.8, 4) is 11.1 Å². The number of aromatic nitrogens is 2. The zero-order chi connectivity index (χ0) is 24.9. The summed E-state index contributed by atoms with van der Waals surface area (Å²) in [5.74, 6) is -1.60. The molecule has 3 aromatic rings. The van der Waals surface area contributed by atoms with E-state index < -0.39 is 17.5 Å². The van der Waals surface area contributed by atoms with E-state index in [-0.39, 0.29) is 29.4 Å². The first-order chi connectivity index (χ1) is 16.8. The van der Waals surface area contributed by atoms with E-state index >= 15 is 0 Å². The molecular formula is C26H27F3N4O2. The first-order valence-electron chi connectivity index (χ1n) is 11.5. The molecule has 0 aliphatic carbocycles. The van der Waals surface area contributed by atoms with Crippen LogP contribution in [0.15, 0.2) is 42.7 Å². The number of benzene rings is 2. The van der Waals surface area contributed by atoms with Crippen molar-refractivity contribution in [3.05, 3.63) is 82.1 Å². The van der Waals surface area contributed by atoms with E-state index in [4.69, 9.17) is 4.74 Å². The Hall–Kier alpha value is -3.46. The fraction of sp³-hybridized carbons (Fsp3) is 0.346. The normalized spacial score (nSPS) is 15.0. The van der Waals surface area contributed by atoms with Crippen LogP contribution >= 0.6 is 0 Å². The number of nitrogens with zero attached hydrogens (tertiary/aromatic N) is 4. The number of hydrogen-bond donors (Lipinski definition) is 0. The minimum atomic E-state index is -0.795. The van der Waals surface area contributed by atoms with Gasteiger partial charge in [0, 0.05) is 42.2 Å². The number of hydroxylamine groups is 1. The van der Waals surface area contributed by atoms with Crippen molar-refractivity contribution in [2.75, 3.05) is 25.0 Å². The Bertz CT molecular complexity index is 1180. The lowest BCUT2D eigenvalue weighted by molar-refractivity contribution is -0.416. The Morgan fingerprint density at radius 2 is 1.71 bits per heavy atom. The van der Waals surface area contributed by atoms with Crippen LogP contribution < -0.4 is 4.90 Å². The van der Waals surface area contributed by atoms with Crippen molar-refractivity contribution >= 4 is 12.2 Å². The van der Waals surface area contributed by atoms with Gasteiger partial charge in [-0.3, -0.25) is 0 Å². The molecule has 1 fully saturated rings. The average molecular weight is 485 g/mol. The molecule has 0 radical (unpaired) electrons. The van der Waals surface area contributed by atoms with E-state index in [1.54, 1.807) is 0 Å². The summed E-state index contributed by atoms with van der Waals surface area (Å²) in [5, 5.41) is 11.1. The second-order valence-electron chi connectivity index (χ2n) is 8.58. The van der Waals surface area contributed by atoms with Gasteiger partial charge in [0.05, 0.1) is 12.7 Å². The molecule has 0 atom stereocenters. The van der Waals surface area contributed by atoms with E-state index in [0.717, 1.165) is 30.2 Å². The second-order valence-corrected chi connectivity index (χ2v) is 8.58. The van der Waals surface area contributed by atoms with E-state index in [9.17, 15) is 18.4 Å². The number of ether oxygens (including phenoxy) is 1. The van der Waals surface area contributed by atoms with Crippen LogP contribution in [0.4, 0.5) is 19.1 Å². The molecule has 0 unspecified atom stereocenters. The third-order valence-corrected chi connectivity index (χ3v) is 6.06. The second kappa shape index (κ2) is 10.9. The molecule has 2 aromatic carbocycles. The summed E-state index contributed by atoms with van der Waals surface area (Å²) in [4.78, 5) is 10.9. The first kappa shape index (κ1) is 24.7. The van der Waals surface area contributed by atoms with Gasteiger partial charge >= 0.3 is 0 Å². The summed E-state index contributed by atoms with van der Waals surface area (Å²) in [7, 11) is 1.28. The Balaban J connectivity index is 1.38. The minimum Gasteiger partial charge on any atom is -0.624 e. The smallest absolute Gasteiger partial charge is 0.225 e. The van der Waals surface area contributed by atoms with Crippen LogP contribution in [0, 0.1) is 22.7 Å². The predicted molar refractivity (Wildman–Crippen MR) is 128 cm³/mol. The maximum absolute atomic E-state index is 14.8. The van der Waals surface area contributed by atoms with Crippen molar-refractivity contribution in [1.82, 2.24) is 9.97 Å². The Morgan fingerprint density at radius 1 is 1.06 bits per heavy atom. The number of rotatable bonds is 7. The third kappa shape index (κ3) is 5.97. The largest absolute Gasteiger partial charge is 0.624 e. The predicted octanol–water partition coefficient (Wildman–Crippen LogP) is 4.87. The number of aryl methyl sites for hydroxylation is 1. The summed E-state index contributed by atoms with van der Waals surface area (Å²) in [5.41, 5.74) is 1.36. The van der Waals surface area contributed by atoms with Gasteiger partial charge in [-0.25, -0.2) is 27.9 Å². The molecule has 0 bridgehead atoms. The summed E-state index contributed by atoms with van der Waals surface area (Å²) in [6.45, 7) is 3.21. The number of halogens is 3. The van der Waals surface area contributed by atoms with Gasteiger partial charge in [-0.05, 0) is 54.7 Å². The quantitative estimate of drug-likeness (QED) is 0.207. The van der Waals surface area contributed by atoms with Gasteiger partial charge < -0.3 is 14.8 Å². The molecule has 0 spiro atoms. The van der Waals surface area contributed by atoms with Crippen molar-refractivity contribution in [2.24, 2.45) is 0 Å². The van der Waals surface area contributed by atoms with Crippen LogP contribution in [-0.2, 0) is 17.8 Å². The molecule has 35 heavy (non-hydrogen) atoms. The number of piperidine rings is 1. The van der Waals surface area contributed by atoms with Crippen molar-refractivity contribution < 1.29 is 22.6 Å². The van der Waals surface area contributed by atoms with Crippen molar-refractivity contribution in [1.29, 1.82) is 0 Å². The van der Waals surface area contributed by atoms with E-state index in [0.29, 0.717) is 42.2 Å². The Labute approximate surface area is 202 Å². The molecule has 184 valence electrons. The monoisotopic (exact) mass is 484 g/mol. The molecule has 1 aliphatic rings. The fourth-order valence-electron chi connectivity index (χ4n) is 4.07. The molecule has 2 heterocycles. The van der Waals surface area contributed by atoms with Gasteiger partial charge in [0.2, 0.25) is 5.95 Å². The number of hydrogen-bond acceptors (Lipinski definition) is 5. The lowest BCUT2D eigenvalue weighted by Gasteiger charge is -2.32. The van der Waals surface area contributed by atoms with Crippen LogP contribution in [0.1, 0.15) is 36.5 Å². The zero-order valence-corrected chi connectivity index (χ0v) is 19.7. The molecule has 0 saturated carbocycles. The maximum Gasteiger partial charge on any atom is 0.225 e. The summed E-state index contributed by atoms with van der Waals surface area (Å²) in [6, 6.07) is 6.25. The summed E-state index contributed by atoms with van der Waals surface area (Å²) in [6.07, 6.45) is 6.97. The molecule has 4 rings (SSSR count). The lowest BCUT2D eigenvalue weighted by Crippen LogP contribution is -2.38. The zero-order valence-electron chi connectivity index (χ0n) is 19.7. The molecule has 1 aromatic heterocycles. The summed E-state index contributed by atoms with van der Waals surface area (Å²) >= 11 is 0. The molecule has 0 N–H and O–H groups in total. The van der Waals surface area contributed by atoms with Crippen LogP contribution in [0.3, 0.4) is 0 Å². The van der Waals surface area contributed by atoms with Gasteiger partial charge in [-0.15, -0.1) is 0 Å². The lowest BCUT2D eigenvalue weighted by atomic mass is 10.0.